The lowest BCUT2D eigenvalue weighted by molar-refractivity contribution is 0.0770. The van der Waals surface area contributed by atoms with Gasteiger partial charge in [-0.05, 0) is 50.6 Å². The molecule has 0 N–H and O–H groups in total. The van der Waals surface area contributed by atoms with E-state index < -0.39 is 15.1 Å². The molecule has 26 heavy (non-hydrogen) atoms. The van der Waals surface area contributed by atoms with Crippen molar-refractivity contribution in [2.24, 2.45) is 0 Å². The SMILES string of the molecule is Cc1cccc(OCCN(C)C(=O)c2ccccc2S(=O)(=O)C(C)C)c1. The van der Waals surface area contributed by atoms with E-state index in [0.29, 0.717) is 13.2 Å². The first-order valence-electron chi connectivity index (χ1n) is 8.51. The molecule has 0 unspecified atom stereocenters. The van der Waals surface area contributed by atoms with Gasteiger partial charge in [0, 0.05) is 7.05 Å². The average molecular weight is 375 g/mol. The number of amides is 1. The van der Waals surface area contributed by atoms with Crippen LogP contribution in [-0.4, -0.2) is 44.7 Å². The largest absolute Gasteiger partial charge is 0.492 e. The van der Waals surface area contributed by atoms with E-state index in [1.165, 1.54) is 11.0 Å². The van der Waals surface area contributed by atoms with E-state index in [1.54, 1.807) is 39.1 Å². The average Bonchev–Trinajstić information content (AvgIpc) is 2.61. The fraction of sp³-hybridized carbons (Fsp3) is 0.350. The van der Waals surface area contributed by atoms with Crippen LogP contribution in [0.2, 0.25) is 0 Å². The van der Waals surface area contributed by atoms with Gasteiger partial charge in [-0.2, -0.15) is 0 Å². The monoisotopic (exact) mass is 375 g/mol. The molecule has 0 bridgehead atoms. The molecule has 140 valence electrons. The zero-order valence-electron chi connectivity index (χ0n) is 15.6. The Morgan fingerprint density at radius 2 is 1.81 bits per heavy atom. The molecule has 0 radical (unpaired) electrons. The molecule has 0 saturated heterocycles. The number of hydrogen-bond acceptors (Lipinski definition) is 4. The Bertz CT molecular complexity index is 875. The number of benzene rings is 2. The third kappa shape index (κ3) is 4.64. The van der Waals surface area contributed by atoms with E-state index in [2.05, 4.69) is 0 Å². The Labute approximate surface area is 155 Å². The fourth-order valence-electron chi connectivity index (χ4n) is 2.46. The molecule has 1 amide bonds. The van der Waals surface area contributed by atoms with Crippen LogP contribution >= 0.6 is 0 Å². The van der Waals surface area contributed by atoms with Gasteiger partial charge in [-0.3, -0.25) is 4.79 Å². The minimum atomic E-state index is -3.53. The van der Waals surface area contributed by atoms with Crippen molar-refractivity contribution in [1.29, 1.82) is 0 Å². The van der Waals surface area contributed by atoms with Crippen molar-refractivity contribution in [2.75, 3.05) is 20.2 Å². The van der Waals surface area contributed by atoms with Crippen LogP contribution in [0.15, 0.2) is 53.4 Å². The first kappa shape index (κ1) is 20.0. The number of likely N-dealkylation sites (N-methyl/N-ethyl adjacent to an activating group) is 1. The van der Waals surface area contributed by atoms with Crippen LogP contribution in [0.3, 0.4) is 0 Å². The van der Waals surface area contributed by atoms with Crippen LogP contribution < -0.4 is 4.74 Å². The summed E-state index contributed by atoms with van der Waals surface area (Å²) in [6.45, 7) is 5.87. The van der Waals surface area contributed by atoms with Crippen LogP contribution in [0.1, 0.15) is 29.8 Å². The maximum Gasteiger partial charge on any atom is 0.255 e. The number of ether oxygens (including phenoxy) is 1. The Kier molecular flexibility index (Phi) is 6.42. The highest BCUT2D eigenvalue weighted by Crippen LogP contribution is 2.21. The van der Waals surface area contributed by atoms with Gasteiger partial charge in [0.15, 0.2) is 9.84 Å². The molecule has 0 spiro atoms. The maximum absolute atomic E-state index is 12.7. The summed E-state index contributed by atoms with van der Waals surface area (Å²) >= 11 is 0. The van der Waals surface area contributed by atoms with Crippen LogP contribution in [0.25, 0.3) is 0 Å². The molecule has 6 heteroatoms. The minimum absolute atomic E-state index is 0.0754. The summed E-state index contributed by atoms with van der Waals surface area (Å²) in [4.78, 5) is 14.3. The summed E-state index contributed by atoms with van der Waals surface area (Å²) in [7, 11) is -1.89. The highest BCUT2D eigenvalue weighted by atomic mass is 32.2. The van der Waals surface area contributed by atoms with Crippen LogP contribution in [0, 0.1) is 6.92 Å². The molecular weight excluding hydrogens is 350 g/mol. The summed E-state index contributed by atoms with van der Waals surface area (Å²) in [6, 6.07) is 14.0. The van der Waals surface area contributed by atoms with Crippen molar-refractivity contribution in [3.63, 3.8) is 0 Å². The maximum atomic E-state index is 12.7. The summed E-state index contributed by atoms with van der Waals surface area (Å²) < 4.78 is 30.7. The van der Waals surface area contributed by atoms with E-state index in [1.807, 2.05) is 31.2 Å². The van der Waals surface area contributed by atoms with E-state index in [4.69, 9.17) is 4.74 Å². The van der Waals surface area contributed by atoms with Gasteiger partial charge in [0.05, 0.1) is 22.3 Å². The molecule has 0 atom stereocenters. The fourth-order valence-corrected chi connectivity index (χ4v) is 3.70. The second-order valence-corrected chi connectivity index (χ2v) is 8.95. The third-order valence-corrected chi connectivity index (χ3v) is 6.29. The number of carbonyl (C=O) groups excluding carboxylic acids is 1. The Morgan fingerprint density at radius 1 is 1.12 bits per heavy atom. The molecule has 2 aromatic rings. The molecule has 2 aromatic carbocycles. The molecule has 5 nitrogen and oxygen atoms in total. The van der Waals surface area contributed by atoms with E-state index in [0.717, 1.165) is 11.3 Å². The first-order valence-corrected chi connectivity index (χ1v) is 10.1. The van der Waals surface area contributed by atoms with Crippen molar-refractivity contribution in [2.45, 2.75) is 30.9 Å². The Balaban J connectivity index is 2.09. The summed E-state index contributed by atoms with van der Waals surface area (Å²) in [5.41, 5.74) is 1.29. The van der Waals surface area contributed by atoms with Gasteiger partial charge < -0.3 is 9.64 Å². The highest BCUT2D eigenvalue weighted by molar-refractivity contribution is 7.92. The smallest absolute Gasteiger partial charge is 0.255 e. The number of rotatable bonds is 7. The number of aryl methyl sites for hydroxylation is 1. The molecule has 2 rings (SSSR count). The number of nitrogens with zero attached hydrogens (tertiary/aromatic N) is 1. The molecule has 0 aromatic heterocycles. The van der Waals surface area contributed by atoms with Gasteiger partial charge in [0.25, 0.3) is 5.91 Å². The number of carbonyl (C=O) groups is 1. The lowest BCUT2D eigenvalue weighted by Gasteiger charge is -2.20. The van der Waals surface area contributed by atoms with Crippen molar-refractivity contribution in [1.82, 2.24) is 4.90 Å². The van der Waals surface area contributed by atoms with Gasteiger partial charge in [0.1, 0.15) is 12.4 Å². The van der Waals surface area contributed by atoms with Crippen LogP contribution in [-0.2, 0) is 9.84 Å². The summed E-state index contributed by atoms with van der Waals surface area (Å²) in [5, 5.41) is -0.591. The predicted octanol–water partition coefficient (Wildman–Crippen LogP) is 3.33. The lowest BCUT2D eigenvalue weighted by Crippen LogP contribution is -2.32. The molecule has 0 heterocycles. The minimum Gasteiger partial charge on any atom is -0.492 e. The standard InChI is InChI=1S/C20H25NO4S/c1-15(2)26(23,24)19-11-6-5-10-18(19)20(22)21(4)12-13-25-17-9-7-8-16(3)14-17/h5-11,14-15H,12-13H2,1-4H3. The van der Waals surface area contributed by atoms with Gasteiger partial charge in [-0.1, -0.05) is 24.3 Å². The van der Waals surface area contributed by atoms with Gasteiger partial charge in [0.2, 0.25) is 0 Å². The zero-order chi connectivity index (χ0) is 19.3. The zero-order valence-corrected chi connectivity index (χ0v) is 16.4. The van der Waals surface area contributed by atoms with Crippen molar-refractivity contribution in [3.8, 4) is 5.75 Å². The number of sulfone groups is 1. The molecule has 0 aliphatic heterocycles. The first-order chi connectivity index (χ1) is 12.2. The van der Waals surface area contributed by atoms with Crippen LogP contribution in [0.4, 0.5) is 0 Å². The molecule has 0 aliphatic carbocycles. The topological polar surface area (TPSA) is 63.7 Å². The molecule has 0 fully saturated rings. The third-order valence-electron chi connectivity index (χ3n) is 4.08. The van der Waals surface area contributed by atoms with Crippen LogP contribution in [0.5, 0.6) is 5.75 Å². The molecule has 0 aliphatic rings. The van der Waals surface area contributed by atoms with Gasteiger partial charge in [-0.15, -0.1) is 0 Å². The van der Waals surface area contributed by atoms with E-state index >= 15 is 0 Å². The Morgan fingerprint density at radius 3 is 2.46 bits per heavy atom. The molecular formula is C20H25NO4S. The highest BCUT2D eigenvalue weighted by Gasteiger charge is 2.26. The summed E-state index contributed by atoms with van der Waals surface area (Å²) in [5.74, 6) is 0.409. The lowest BCUT2D eigenvalue weighted by atomic mass is 10.2. The van der Waals surface area contributed by atoms with Crippen molar-refractivity contribution in [3.05, 3.63) is 59.7 Å². The number of hydrogen-bond donors (Lipinski definition) is 0. The second-order valence-electron chi connectivity index (χ2n) is 6.48. The van der Waals surface area contributed by atoms with Crippen molar-refractivity contribution >= 4 is 15.7 Å². The Hall–Kier alpha value is -2.34. The normalized spacial score (nSPS) is 11.4. The second kappa shape index (κ2) is 8.36. The van der Waals surface area contributed by atoms with E-state index in [-0.39, 0.29) is 16.4 Å². The van der Waals surface area contributed by atoms with Gasteiger partial charge in [-0.25, -0.2) is 8.42 Å². The molecule has 0 saturated carbocycles. The van der Waals surface area contributed by atoms with Gasteiger partial charge >= 0.3 is 0 Å². The van der Waals surface area contributed by atoms with Crippen molar-refractivity contribution < 1.29 is 17.9 Å². The predicted molar refractivity (Wildman–Crippen MR) is 102 cm³/mol. The quantitative estimate of drug-likeness (QED) is 0.745. The van der Waals surface area contributed by atoms with E-state index in [9.17, 15) is 13.2 Å². The summed E-state index contributed by atoms with van der Waals surface area (Å²) in [6.07, 6.45) is 0.